The number of hydrogen-bond donors (Lipinski definition) is 4. The van der Waals surface area contributed by atoms with Gasteiger partial charge in [0.2, 0.25) is 11.8 Å². The fraction of sp³-hybridized carbons (Fsp3) is 0.286. The van der Waals surface area contributed by atoms with Crippen LogP contribution in [0.2, 0.25) is 0 Å². The second-order valence-electron chi connectivity index (χ2n) is 6.12. The van der Waals surface area contributed by atoms with Crippen molar-refractivity contribution in [1.82, 2.24) is 9.55 Å². The van der Waals surface area contributed by atoms with Gasteiger partial charge >= 0.3 is 5.69 Å². The standard InChI is InChI=1S/C14H17N3O6S/c1-14(2,3)12(20)17-11(19)10(15-13(17)21)16-24(22,23)9-6-4-8(18)5-7-9/h4-7,16,18-19H,1-3H3,(H,15,21). The van der Waals surface area contributed by atoms with E-state index in [1.54, 1.807) is 20.8 Å². The van der Waals surface area contributed by atoms with Gasteiger partial charge in [-0.05, 0) is 24.3 Å². The molecule has 0 radical (unpaired) electrons. The summed E-state index contributed by atoms with van der Waals surface area (Å²) >= 11 is 0. The van der Waals surface area contributed by atoms with Gasteiger partial charge in [0.25, 0.3) is 10.0 Å². The Bertz CT molecular complexity index is 932. The fourth-order valence-corrected chi connectivity index (χ4v) is 2.86. The number of imidazole rings is 1. The molecule has 0 spiro atoms. The monoisotopic (exact) mass is 355 g/mol. The lowest BCUT2D eigenvalue weighted by molar-refractivity contribution is 0.0752. The number of anilines is 1. The van der Waals surface area contributed by atoms with Gasteiger partial charge in [0, 0.05) is 5.41 Å². The second kappa shape index (κ2) is 5.71. The van der Waals surface area contributed by atoms with Crippen LogP contribution in [0.5, 0.6) is 11.6 Å². The van der Waals surface area contributed by atoms with Gasteiger partial charge in [0.15, 0.2) is 5.82 Å². The molecule has 10 heteroatoms. The zero-order chi connectivity index (χ0) is 18.3. The van der Waals surface area contributed by atoms with Crippen molar-refractivity contribution in [3.05, 3.63) is 34.7 Å². The summed E-state index contributed by atoms with van der Waals surface area (Å²) in [7, 11) is -4.13. The van der Waals surface area contributed by atoms with E-state index < -0.39 is 38.7 Å². The van der Waals surface area contributed by atoms with Gasteiger partial charge in [0.05, 0.1) is 4.90 Å². The number of benzene rings is 1. The molecule has 4 N–H and O–H groups in total. The summed E-state index contributed by atoms with van der Waals surface area (Å²) in [6.07, 6.45) is 0. The lowest BCUT2D eigenvalue weighted by Crippen LogP contribution is -2.33. The van der Waals surface area contributed by atoms with E-state index in [2.05, 4.69) is 4.98 Å². The van der Waals surface area contributed by atoms with Gasteiger partial charge in [-0.1, -0.05) is 20.8 Å². The Labute approximate surface area is 137 Å². The minimum Gasteiger partial charge on any atom is -0.508 e. The molecular formula is C14H17N3O6S. The Kier molecular flexibility index (Phi) is 4.19. The topological polar surface area (TPSA) is 141 Å². The molecule has 9 nitrogen and oxygen atoms in total. The number of H-pyrrole nitrogens is 1. The summed E-state index contributed by atoms with van der Waals surface area (Å²) in [4.78, 5) is 25.9. The summed E-state index contributed by atoms with van der Waals surface area (Å²) in [6, 6.07) is 4.63. The summed E-state index contributed by atoms with van der Waals surface area (Å²) in [6.45, 7) is 4.65. The highest BCUT2D eigenvalue weighted by Gasteiger charge is 2.30. The number of aromatic amines is 1. The SMILES string of the molecule is CC(C)(C)C(=O)n1c(O)c(NS(=O)(=O)c2ccc(O)cc2)[nH]c1=O. The molecular weight excluding hydrogens is 338 g/mol. The molecule has 2 rings (SSSR count). The number of phenols is 1. The summed E-state index contributed by atoms with van der Waals surface area (Å²) in [5, 5.41) is 19.2. The third-order valence-electron chi connectivity index (χ3n) is 3.10. The van der Waals surface area contributed by atoms with Crippen molar-refractivity contribution < 1.29 is 23.4 Å². The normalized spacial score (nSPS) is 12.1. The minimum absolute atomic E-state index is 0.118. The average molecular weight is 355 g/mol. The molecule has 0 aliphatic rings. The second-order valence-corrected chi connectivity index (χ2v) is 7.80. The third kappa shape index (κ3) is 3.27. The summed E-state index contributed by atoms with van der Waals surface area (Å²) in [5.74, 6) is -2.17. The van der Waals surface area contributed by atoms with E-state index in [0.717, 1.165) is 12.1 Å². The van der Waals surface area contributed by atoms with Crippen LogP contribution in [0, 0.1) is 5.41 Å². The smallest absolute Gasteiger partial charge is 0.337 e. The zero-order valence-corrected chi connectivity index (χ0v) is 14.0. The first-order chi connectivity index (χ1) is 10.9. The van der Waals surface area contributed by atoms with Gasteiger partial charge in [-0.25, -0.2) is 13.2 Å². The minimum atomic E-state index is -4.13. The van der Waals surface area contributed by atoms with Gasteiger partial charge in [-0.15, -0.1) is 0 Å². The predicted octanol–water partition coefficient (Wildman–Crippen LogP) is 1.07. The van der Waals surface area contributed by atoms with Crippen LogP contribution < -0.4 is 10.4 Å². The van der Waals surface area contributed by atoms with Crippen molar-refractivity contribution in [2.75, 3.05) is 4.72 Å². The quantitative estimate of drug-likeness (QED) is 0.649. The lowest BCUT2D eigenvalue weighted by Gasteiger charge is -2.16. The van der Waals surface area contributed by atoms with Crippen molar-refractivity contribution in [1.29, 1.82) is 0 Å². The van der Waals surface area contributed by atoms with Crippen LogP contribution in [0.25, 0.3) is 0 Å². The maximum Gasteiger partial charge on any atom is 0.337 e. The largest absolute Gasteiger partial charge is 0.508 e. The van der Waals surface area contributed by atoms with Crippen LogP contribution in [0.1, 0.15) is 25.6 Å². The number of rotatable bonds is 3. The van der Waals surface area contributed by atoms with E-state index in [9.17, 15) is 28.2 Å². The molecule has 1 aromatic heterocycles. The van der Waals surface area contributed by atoms with Gasteiger partial charge in [-0.2, -0.15) is 4.57 Å². The summed E-state index contributed by atoms with van der Waals surface area (Å²) in [5.41, 5.74) is -1.92. The molecule has 0 saturated carbocycles. The van der Waals surface area contributed by atoms with Gasteiger partial charge < -0.3 is 10.2 Å². The van der Waals surface area contributed by atoms with E-state index in [0.29, 0.717) is 4.57 Å². The Morgan fingerprint density at radius 3 is 2.21 bits per heavy atom. The number of hydrogen-bond acceptors (Lipinski definition) is 6. The molecule has 0 unspecified atom stereocenters. The predicted molar refractivity (Wildman–Crippen MR) is 85.7 cm³/mol. The molecule has 0 amide bonds. The highest BCUT2D eigenvalue weighted by molar-refractivity contribution is 7.92. The van der Waals surface area contributed by atoms with Crippen LogP contribution in [0.4, 0.5) is 5.82 Å². The highest BCUT2D eigenvalue weighted by atomic mass is 32.2. The number of carbonyl (C=O) groups excluding carboxylic acids is 1. The van der Waals surface area contributed by atoms with Crippen molar-refractivity contribution in [2.45, 2.75) is 25.7 Å². The Morgan fingerprint density at radius 1 is 1.17 bits per heavy atom. The zero-order valence-electron chi connectivity index (χ0n) is 13.2. The molecule has 24 heavy (non-hydrogen) atoms. The first kappa shape index (κ1) is 17.6. The van der Waals surface area contributed by atoms with Crippen LogP contribution in [-0.4, -0.2) is 34.1 Å². The molecule has 0 aliphatic carbocycles. The first-order valence-electron chi connectivity index (χ1n) is 6.84. The first-order valence-corrected chi connectivity index (χ1v) is 8.32. The van der Waals surface area contributed by atoms with E-state index in [1.807, 2.05) is 4.72 Å². The molecule has 0 bridgehead atoms. The molecule has 1 aromatic carbocycles. The molecule has 0 atom stereocenters. The molecule has 0 fully saturated rings. The number of nitrogens with one attached hydrogen (secondary N) is 2. The molecule has 130 valence electrons. The third-order valence-corrected chi connectivity index (χ3v) is 4.46. The van der Waals surface area contributed by atoms with Crippen molar-refractivity contribution in [3.8, 4) is 11.6 Å². The van der Waals surface area contributed by atoms with E-state index in [4.69, 9.17) is 0 Å². The number of carbonyl (C=O) groups is 1. The fourth-order valence-electron chi connectivity index (χ4n) is 1.84. The number of phenolic OH excluding ortho intramolecular Hbond substituents is 1. The van der Waals surface area contributed by atoms with E-state index in [1.165, 1.54) is 12.1 Å². The maximum absolute atomic E-state index is 12.2. The Hall–Kier alpha value is -2.75. The molecule has 1 heterocycles. The molecule has 0 aliphatic heterocycles. The van der Waals surface area contributed by atoms with Crippen LogP contribution in [-0.2, 0) is 10.0 Å². The van der Waals surface area contributed by atoms with Gasteiger partial charge in [-0.3, -0.25) is 14.5 Å². The number of sulfonamides is 1. The maximum atomic E-state index is 12.2. The van der Waals surface area contributed by atoms with Crippen molar-refractivity contribution in [2.24, 2.45) is 5.41 Å². The number of nitrogens with zero attached hydrogens (tertiary/aromatic N) is 1. The average Bonchev–Trinajstić information content (AvgIpc) is 2.71. The van der Waals surface area contributed by atoms with E-state index in [-0.39, 0.29) is 10.6 Å². The van der Waals surface area contributed by atoms with Crippen molar-refractivity contribution >= 4 is 21.7 Å². The summed E-state index contributed by atoms with van der Waals surface area (Å²) < 4.78 is 26.9. The molecule has 0 saturated heterocycles. The molecule has 2 aromatic rings. The Balaban J connectivity index is 2.43. The Morgan fingerprint density at radius 2 is 1.71 bits per heavy atom. The highest BCUT2D eigenvalue weighted by Crippen LogP contribution is 2.26. The van der Waals surface area contributed by atoms with Crippen molar-refractivity contribution in [3.63, 3.8) is 0 Å². The number of aromatic nitrogens is 2. The van der Waals surface area contributed by atoms with Crippen LogP contribution in [0.15, 0.2) is 34.0 Å². The van der Waals surface area contributed by atoms with Crippen LogP contribution in [0.3, 0.4) is 0 Å². The lowest BCUT2D eigenvalue weighted by atomic mass is 9.96. The van der Waals surface area contributed by atoms with Gasteiger partial charge in [0.1, 0.15) is 5.75 Å². The van der Waals surface area contributed by atoms with Crippen LogP contribution >= 0.6 is 0 Å². The number of aromatic hydroxyl groups is 2. The van der Waals surface area contributed by atoms with E-state index >= 15 is 0 Å².